The molecule has 1 N–H and O–H groups in total. The predicted molar refractivity (Wildman–Crippen MR) is 127 cm³/mol. The molecule has 1 fully saturated rings. The van der Waals surface area contributed by atoms with Gasteiger partial charge >= 0.3 is 0 Å². The van der Waals surface area contributed by atoms with E-state index < -0.39 is 6.10 Å². The van der Waals surface area contributed by atoms with Crippen molar-refractivity contribution in [1.29, 1.82) is 5.26 Å². The van der Waals surface area contributed by atoms with E-state index in [4.69, 9.17) is 0 Å². The molecule has 5 heteroatoms. The highest BCUT2D eigenvalue weighted by atomic mass is 19.1. The first-order chi connectivity index (χ1) is 15.5. The Morgan fingerprint density at radius 3 is 2.31 bits per heavy atom. The minimum atomic E-state index is -0.558. The highest BCUT2D eigenvalue weighted by Gasteiger charge is 2.25. The fourth-order valence-electron chi connectivity index (χ4n) is 4.62. The molecule has 0 saturated carbocycles. The minimum Gasteiger partial charge on any atom is -0.388 e. The summed E-state index contributed by atoms with van der Waals surface area (Å²) in [5.74, 6) is -0.275. The molecule has 1 aliphatic rings. The van der Waals surface area contributed by atoms with Gasteiger partial charge in [-0.1, -0.05) is 50.5 Å². The molecule has 1 heterocycles. The summed E-state index contributed by atoms with van der Waals surface area (Å²) in [6, 6.07) is 15.1. The number of aliphatic hydroxyl groups is 1. The van der Waals surface area contributed by atoms with Crippen molar-refractivity contribution < 1.29 is 9.50 Å². The summed E-state index contributed by atoms with van der Waals surface area (Å²) in [6.07, 6.45) is 4.90. The largest absolute Gasteiger partial charge is 0.388 e. The normalized spacial score (nSPS) is 17.1. The van der Waals surface area contributed by atoms with Crippen LogP contribution < -0.4 is 0 Å². The van der Waals surface area contributed by atoms with Gasteiger partial charge < -0.3 is 10.0 Å². The second kappa shape index (κ2) is 12.1. The third-order valence-electron chi connectivity index (χ3n) is 6.66. The summed E-state index contributed by atoms with van der Waals surface area (Å²) in [4.78, 5) is 5.00. The number of hydrogen-bond donors (Lipinski definition) is 1. The maximum Gasteiger partial charge on any atom is 0.123 e. The van der Waals surface area contributed by atoms with Crippen LogP contribution in [0.1, 0.15) is 73.4 Å². The lowest BCUT2D eigenvalue weighted by molar-refractivity contribution is 0.0758. The van der Waals surface area contributed by atoms with Crippen LogP contribution in [0.3, 0.4) is 0 Å². The van der Waals surface area contributed by atoms with Gasteiger partial charge in [0.1, 0.15) is 5.82 Å². The number of piperazine rings is 1. The first-order valence-electron chi connectivity index (χ1n) is 11.9. The maximum absolute atomic E-state index is 13.1. The average molecular weight is 438 g/mol. The third-order valence-corrected chi connectivity index (χ3v) is 6.66. The summed E-state index contributed by atoms with van der Waals surface area (Å²) >= 11 is 0. The third kappa shape index (κ3) is 6.62. The fraction of sp³-hybridized carbons (Fsp3) is 0.519. The first kappa shape index (κ1) is 24.4. The Morgan fingerprint density at radius 1 is 1.00 bits per heavy atom. The van der Waals surface area contributed by atoms with Crippen LogP contribution in [0.15, 0.2) is 42.5 Å². The number of aliphatic hydroxyl groups excluding tert-OH is 1. The molecular formula is C27H36FN3O. The van der Waals surface area contributed by atoms with Crippen LogP contribution in [-0.4, -0.2) is 47.6 Å². The monoisotopic (exact) mass is 437 g/mol. The van der Waals surface area contributed by atoms with Crippen LogP contribution in [-0.2, 0) is 0 Å². The Kier molecular flexibility index (Phi) is 9.23. The molecule has 1 saturated heterocycles. The second-order valence-corrected chi connectivity index (χ2v) is 8.93. The Bertz CT molecular complexity index is 885. The minimum absolute atomic E-state index is 0.275. The van der Waals surface area contributed by atoms with E-state index in [1.165, 1.54) is 37.0 Å². The quantitative estimate of drug-likeness (QED) is 0.508. The van der Waals surface area contributed by atoms with E-state index in [9.17, 15) is 14.8 Å². The summed E-state index contributed by atoms with van der Waals surface area (Å²) < 4.78 is 13.1. The van der Waals surface area contributed by atoms with Crippen molar-refractivity contribution in [3.63, 3.8) is 0 Å². The van der Waals surface area contributed by atoms with Gasteiger partial charge in [0, 0.05) is 38.8 Å². The van der Waals surface area contributed by atoms with Crippen molar-refractivity contribution in [2.75, 3.05) is 32.7 Å². The van der Waals surface area contributed by atoms with E-state index >= 15 is 0 Å². The smallest absolute Gasteiger partial charge is 0.123 e. The zero-order chi connectivity index (χ0) is 22.9. The molecule has 1 aliphatic heterocycles. The molecule has 2 unspecified atom stereocenters. The van der Waals surface area contributed by atoms with Crippen LogP contribution >= 0.6 is 0 Å². The Morgan fingerprint density at radius 2 is 1.69 bits per heavy atom. The van der Waals surface area contributed by atoms with Crippen molar-refractivity contribution in [1.82, 2.24) is 9.80 Å². The van der Waals surface area contributed by atoms with Gasteiger partial charge in [-0.3, -0.25) is 4.90 Å². The number of benzene rings is 2. The van der Waals surface area contributed by atoms with Crippen LogP contribution in [0.25, 0.3) is 0 Å². The Labute approximate surface area is 192 Å². The summed E-state index contributed by atoms with van der Waals surface area (Å²) in [5, 5.41) is 19.7. The van der Waals surface area contributed by atoms with Crippen molar-refractivity contribution in [2.45, 2.75) is 58.1 Å². The van der Waals surface area contributed by atoms with E-state index in [1.54, 1.807) is 12.1 Å². The molecule has 0 bridgehead atoms. The average Bonchev–Trinajstić information content (AvgIpc) is 2.81. The molecule has 2 aromatic rings. The maximum atomic E-state index is 13.1. The molecule has 0 spiro atoms. The van der Waals surface area contributed by atoms with E-state index in [2.05, 4.69) is 34.9 Å². The van der Waals surface area contributed by atoms with Crippen molar-refractivity contribution in [3.8, 4) is 6.07 Å². The van der Waals surface area contributed by atoms with Gasteiger partial charge in [-0.25, -0.2) is 4.39 Å². The zero-order valence-corrected chi connectivity index (χ0v) is 19.4. The molecule has 0 amide bonds. The summed E-state index contributed by atoms with van der Waals surface area (Å²) in [5.41, 5.74) is 3.90. The predicted octanol–water partition coefficient (Wildman–Crippen LogP) is 5.37. The van der Waals surface area contributed by atoms with Gasteiger partial charge in [0.15, 0.2) is 0 Å². The molecular weight excluding hydrogens is 401 g/mol. The number of nitrogens with zero attached hydrogens (tertiary/aromatic N) is 3. The van der Waals surface area contributed by atoms with Crippen molar-refractivity contribution in [2.24, 2.45) is 0 Å². The van der Waals surface area contributed by atoms with Gasteiger partial charge in [0.2, 0.25) is 0 Å². The van der Waals surface area contributed by atoms with Crippen molar-refractivity contribution >= 4 is 0 Å². The van der Waals surface area contributed by atoms with Gasteiger partial charge in [-0.05, 0) is 54.7 Å². The Hall–Kier alpha value is -2.26. The molecule has 172 valence electrons. The molecule has 32 heavy (non-hydrogen) atoms. The molecule has 0 aromatic heterocycles. The van der Waals surface area contributed by atoms with Gasteiger partial charge in [-0.2, -0.15) is 5.26 Å². The summed E-state index contributed by atoms with van der Waals surface area (Å²) in [6.45, 7) is 9.06. The molecule has 2 atom stereocenters. The van der Waals surface area contributed by atoms with Gasteiger partial charge in [0.25, 0.3) is 0 Å². The first-order valence-corrected chi connectivity index (χ1v) is 11.9. The molecule has 4 nitrogen and oxygen atoms in total. The lowest BCUT2D eigenvalue weighted by Gasteiger charge is -2.40. The number of nitriles is 1. The van der Waals surface area contributed by atoms with Gasteiger partial charge in [0.05, 0.1) is 17.7 Å². The number of hydrogen-bond acceptors (Lipinski definition) is 4. The lowest BCUT2D eigenvalue weighted by atomic mass is 9.95. The van der Waals surface area contributed by atoms with Crippen LogP contribution in [0.2, 0.25) is 0 Å². The van der Waals surface area contributed by atoms with Crippen molar-refractivity contribution in [3.05, 3.63) is 70.5 Å². The standard InChI is InChI=1S/C27H36FN3O/c1-3-4-5-6-26(23-7-8-24(20-29)21(2)19-23)31-17-15-30(16-18-31)14-13-27(32)22-9-11-25(28)12-10-22/h7-12,19,26-27,32H,3-6,13-18H2,1-2H3. The van der Waals surface area contributed by atoms with Crippen LogP contribution in [0.5, 0.6) is 0 Å². The number of unbranched alkanes of at least 4 members (excludes halogenated alkanes) is 2. The highest BCUT2D eigenvalue weighted by Crippen LogP contribution is 2.29. The zero-order valence-electron chi connectivity index (χ0n) is 19.4. The van der Waals surface area contributed by atoms with Gasteiger partial charge in [-0.15, -0.1) is 0 Å². The fourth-order valence-corrected chi connectivity index (χ4v) is 4.62. The topological polar surface area (TPSA) is 50.5 Å². The molecule has 0 aliphatic carbocycles. The summed E-state index contributed by atoms with van der Waals surface area (Å²) in [7, 11) is 0. The Balaban J connectivity index is 1.56. The van der Waals surface area contributed by atoms with Crippen LogP contribution in [0, 0.1) is 24.1 Å². The second-order valence-electron chi connectivity index (χ2n) is 8.93. The molecule has 2 aromatic carbocycles. The van der Waals surface area contributed by atoms with E-state index in [1.807, 2.05) is 13.0 Å². The number of rotatable bonds is 10. The van der Waals surface area contributed by atoms with E-state index in [-0.39, 0.29) is 5.82 Å². The van der Waals surface area contributed by atoms with E-state index in [0.717, 1.165) is 55.8 Å². The van der Waals surface area contributed by atoms with E-state index in [0.29, 0.717) is 12.5 Å². The molecule has 3 rings (SSSR count). The SMILES string of the molecule is CCCCCC(c1ccc(C#N)c(C)c1)N1CCN(CCC(O)c2ccc(F)cc2)CC1. The molecule has 0 radical (unpaired) electrons. The highest BCUT2D eigenvalue weighted by molar-refractivity contribution is 5.40. The number of aryl methyl sites for hydroxylation is 1. The number of halogens is 1. The van der Waals surface area contributed by atoms with Crippen LogP contribution in [0.4, 0.5) is 4.39 Å². The lowest BCUT2D eigenvalue weighted by Crippen LogP contribution is -2.48.